The van der Waals surface area contributed by atoms with Crippen LogP contribution in [0.1, 0.15) is 52.0 Å². The molecule has 1 aromatic rings. The summed E-state index contributed by atoms with van der Waals surface area (Å²) in [6.07, 6.45) is 3.72. The van der Waals surface area contributed by atoms with Gasteiger partial charge in [-0.1, -0.05) is 31.3 Å². The van der Waals surface area contributed by atoms with Crippen molar-refractivity contribution in [1.29, 1.82) is 0 Å². The van der Waals surface area contributed by atoms with Crippen molar-refractivity contribution >= 4 is 29.1 Å². The number of ether oxygens (including phenoxy) is 1. The van der Waals surface area contributed by atoms with Crippen LogP contribution in [0.25, 0.3) is 0 Å². The Balaban J connectivity index is 0.000000567. The fourth-order valence-electron chi connectivity index (χ4n) is 2.71. The Morgan fingerprint density at radius 3 is 2.17 bits per heavy atom. The summed E-state index contributed by atoms with van der Waals surface area (Å²) in [5.74, 6) is -0.976. The zero-order chi connectivity index (χ0) is 22.9. The van der Waals surface area contributed by atoms with Gasteiger partial charge in [0.1, 0.15) is 11.8 Å². The predicted octanol–water partition coefficient (Wildman–Crippen LogP) is 3.50. The Morgan fingerprint density at radius 2 is 1.73 bits per heavy atom. The molecule has 0 spiro atoms. The first kappa shape index (κ1) is 27.8. The van der Waals surface area contributed by atoms with Crippen LogP contribution in [-0.2, 0) is 16.0 Å². The lowest BCUT2D eigenvalue weighted by Gasteiger charge is -2.10. The lowest BCUT2D eigenvalue weighted by molar-refractivity contribution is -0.142. The van der Waals surface area contributed by atoms with Crippen LogP contribution in [0, 0.1) is 5.92 Å². The van der Waals surface area contributed by atoms with Crippen LogP contribution in [-0.4, -0.2) is 53.4 Å². The first-order chi connectivity index (χ1) is 14.2. The molecule has 0 heterocycles. The molecule has 0 saturated carbocycles. The summed E-state index contributed by atoms with van der Waals surface area (Å²) < 4.78 is 5.32. The minimum absolute atomic E-state index is 0.294. The summed E-state index contributed by atoms with van der Waals surface area (Å²) in [6, 6.07) is 7.19. The van der Waals surface area contributed by atoms with Gasteiger partial charge in [-0.3, -0.25) is 9.59 Å². The van der Waals surface area contributed by atoms with E-state index >= 15 is 0 Å². The standard InChI is InChI=1S/C13H18O3.C9H18N2O2S/c1-3-11(13(14)15)9-10-5-7-12(8-6-10)16-4-2;1-7(14)11-6-4-3-5-8(10-2)9(12)13/h5-8,11H,3-4,9H2,1-2H3,(H,14,15);8,10H,3-6H2,1-2H3,(H,11,14)(H,12,13)/t11-;8-/m00/s1. The van der Waals surface area contributed by atoms with Crippen molar-refractivity contribution < 1.29 is 24.5 Å². The molecule has 0 aliphatic heterocycles. The number of likely N-dealkylation sites (N-methyl/N-ethyl adjacent to an activating group) is 1. The highest BCUT2D eigenvalue weighted by Crippen LogP contribution is 2.16. The third-order valence-corrected chi connectivity index (χ3v) is 4.64. The van der Waals surface area contributed by atoms with Gasteiger partial charge >= 0.3 is 11.9 Å². The zero-order valence-corrected chi connectivity index (χ0v) is 19.3. The topological polar surface area (TPSA) is 108 Å². The molecule has 8 heteroatoms. The molecule has 7 nitrogen and oxygen atoms in total. The van der Waals surface area contributed by atoms with Crippen LogP contribution in [0.3, 0.4) is 0 Å². The van der Waals surface area contributed by atoms with Gasteiger partial charge in [-0.25, -0.2) is 0 Å². The quantitative estimate of drug-likeness (QED) is 0.273. The lowest BCUT2D eigenvalue weighted by Crippen LogP contribution is -2.33. The highest BCUT2D eigenvalue weighted by molar-refractivity contribution is 7.80. The van der Waals surface area contributed by atoms with Gasteiger partial charge in [0.2, 0.25) is 0 Å². The van der Waals surface area contributed by atoms with E-state index in [-0.39, 0.29) is 5.92 Å². The second kappa shape index (κ2) is 16.6. The number of hydrogen-bond donors (Lipinski definition) is 4. The van der Waals surface area contributed by atoms with Gasteiger partial charge in [0.05, 0.1) is 17.5 Å². The number of aliphatic carboxylic acids is 2. The van der Waals surface area contributed by atoms with E-state index in [4.69, 9.17) is 27.2 Å². The fraction of sp³-hybridized carbons (Fsp3) is 0.591. The molecular weight excluding hydrogens is 404 g/mol. The maximum atomic E-state index is 10.9. The minimum Gasteiger partial charge on any atom is -0.494 e. The Kier molecular flexibility index (Phi) is 15.4. The highest BCUT2D eigenvalue weighted by atomic mass is 32.1. The molecule has 0 fully saturated rings. The minimum atomic E-state index is -0.786. The summed E-state index contributed by atoms with van der Waals surface area (Å²) in [6.45, 7) is 7.14. The molecule has 30 heavy (non-hydrogen) atoms. The van der Waals surface area contributed by atoms with E-state index in [9.17, 15) is 9.59 Å². The molecule has 0 saturated heterocycles. The van der Waals surface area contributed by atoms with Crippen LogP contribution >= 0.6 is 12.2 Å². The van der Waals surface area contributed by atoms with Crippen molar-refractivity contribution in [1.82, 2.24) is 10.6 Å². The van der Waals surface area contributed by atoms with Gasteiger partial charge in [0.25, 0.3) is 0 Å². The molecular formula is C22H36N2O5S. The monoisotopic (exact) mass is 440 g/mol. The SMILES string of the molecule is CCOc1ccc(C[C@H](CC)C(=O)O)cc1.CN[C@@H](CCCCNC(C)=S)C(=O)O. The average molecular weight is 441 g/mol. The fourth-order valence-corrected chi connectivity index (χ4v) is 2.81. The molecule has 0 aromatic heterocycles. The summed E-state index contributed by atoms with van der Waals surface area (Å²) in [4.78, 5) is 22.3. The number of nitrogens with one attached hydrogen (secondary N) is 2. The first-order valence-electron chi connectivity index (χ1n) is 10.3. The number of unbranched alkanes of at least 4 members (excludes halogenated alkanes) is 1. The number of rotatable bonds is 13. The number of hydrogen-bond acceptors (Lipinski definition) is 5. The number of carboxylic acids is 2. The van der Waals surface area contributed by atoms with E-state index in [0.29, 0.717) is 25.9 Å². The zero-order valence-electron chi connectivity index (χ0n) is 18.4. The molecule has 0 unspecified atom stereocenters. The summed E-state index contributed by atoms with van der Waals surface area (Å²) in [7, 11) is 1.66. The predicted molar refractivity (Wildman–Crippen MR) is 123 cm³/mol. The Morgan fingerprint density at radius 1 is 1.10 bits per heavy atom. The summed E-state index contributed by atoms with van der Waals surface area (Å²) >= 11 is 4.84. The third-order valence-electron chi connectivity index (χ3n) is 4.50. The molecule has 0 radical (unpaired) electrons. The second-order valence-corrected chi connectivity index (χ2v) is 7.50. The molecule has 0 amide bonds. The van der Waals surface area contributed by atoms with Gasteiger partial charge < -0.3 is 25.6 Å². The van der Waals surface area contributed by atoms with Crippen molar-refractivity contribution in [2.45, 2.75) is 58.9 Å². The molecule has 1 rings (SSSR count). The maximum Gasteiger partial charge on any atom is 0.320 e. The average Bonchev–Trinajstić information content (AvgIpc) is 2.70. The van der Waals surface area contributed by atoms with Crippen molar-refractivity contribution in [2.75, 3.05) is 20.2 Å². The molecule has 2 atom stereocenters. The normalized spacial score (nSPS) is 12.1. The van der Waals surface area contributed by atoms with Crippen LogP contribution in [0.2, 0.25) is 0 Å². The second-order valence-electron chi connectivity index (χ2n) is 6.88. The number of carbonyl (C=O) groups is 2. The molecule has 170 valence electrons. The van der Waals surface area contributed by atoms with E-state index < -0.39 is 18.0 Å². The van der Waals surface area contributed by atoms with Gasteiger partial charge in [-0.05, 0) is 70.7 Å². The van der Waals surface area contributed by atoms with Crippen molar-refractivity contribution in [3.63, 3.8) is 0 Å². The van der Waals surface area contributed by atoms with Crippen molar-refractivity contribution in [3.8, 4) is 5.75 Å². The van der Waals surface area contributed by atoms with Crippen molar-refractivity contribution in [3.05, 3.63) is 29.8 Å². The van der Waals surface area contributed by atoms with Gasteiger partial charge in [0.15, 0.2) is 0 Å². The van der Waals surface area contributed by atoms with E-state index in [1.807, 2.05) is 45.0 Å². The van der Waals surface area contributed by atoms with Gasteiger partial charge in [0, 0.05) is 6.54 Å². The Hall–Kier alpha value is -2.19. The van der Waals surface area contributed by atoms with Gasteiger partial charge in [-0.2, -0.15) is 0 Å². The van der Waals surface area contributed by atoms with E-state index in [0.717, 1.165) is 35.7 Å². The van der Waals surface area contributed by atoms with E-state index in [1.54, 1.807) is 7.05 Å². The summed E-state index contributed by atoms with van der Waals surface area (Å²) in [5.41, 5.74) is 1.04. The molecule has 0 bridgehead atoms. The number of benzene rings is 1. The van der Waals surface area contributed by atoms with Crippen LogP contribution in [0.15, 0.2) is 24.3 Å². The smallest absolute Gasteiger partial charge is 0.320 e. The first-order valence-corrected chi connectivity index (χ1v) is 10.7. The molecule has 1 aromatic carbocycles. The van der Waals surface area contributed by atoms with Crippen molar-refractivity contribution in [2.24, 2.45) is 5.92 Å². The van der Waals surface area contributed by atoms with Gasteiger partial charge in [-0.15, -0.1) is 0 Å². The van der Waals surface area contributed by atoms with Crippen LogP contribution in [0.4, 0.5) is 0 Å². The largest absolute Gasteiger partial charge is 0.494 e. The molecule has 0 aliphatic carbocycles. The summed E-state index contributed by atoms with van der Waals surface area (Å²) in [5, 5.41) is 23.5. The lowest BCUT2D eigenvalue weighted by atomic mass is 9.97. The maximum absolute atomic E-state index is 10.9. The van der Waals surface area contributed by atoms with E-state index in [1.165, 1.54) is 0 Å². The number of thiocarbonyl (C=S) groups is 1. The third kappa shape index (κ3) is 13.1. The Labute approximate surface area is 185 Å². The van der Waals surface area contributed by atoms with E-state index in [2.05, 4.69) is 10.6 Å². The highest BCUT2D eigenvalue weighted by Gasteiger charge is 2.15. The molecule has 0 aliphatic rings. The van der Waals surface area contributed by atoms with Crippen LogP contribution in [0.5, 0.6) is 5.75 Å². The van der Waals surface area contributed by atoms with Crippen LogP contribution < -0.4 is 15.4 Å². The Bertz CT molecular complexity index is 637. The molecule has 4 N–H and O–H groups in total. The number of carboxylic acid groups (broad SMARTS) is 2.